The number of morpholine rings is 1. The van der Waals surface area contributed by atoms with E-state index in [1.54, 1.807) is 0 Å². The van der Waals surface area contributed by atoms with Gasteiger partial charge in [0.15, 0.2) is 11.6 Å². The number of hydrogen-bond donors (Lipinski definition) is 1. The van der Waals surface area contributed by atoms with Crippen molar-refractivity contribution >= 4 is 17.0 Å². The fraction of sp³-hybridized carbons (Fsp3) is 0.294. The number of nitrogen functional groups attached to an aromatic ring is 1. The maximum atomic E-state index is 5.77. The minimum atomic E-state index is 0.203. The lowest BCUT2D eigenvalue weighted by molar-refractivity contribution is 0.0530. The second kappa shape index (κ2) is 5.55. The van der Waals surface area contributed by atoms with E-state index in [0.717, 1.165) is 42.3 Å². The summed E-state index contributed by atoms with van der Waals surface area (Å²) in [5.41, 5.74) is 8.48. The number of rotatable bonds is 2. The average Bonchev–Trinajstić information content (AvgIpc) is 3.03. The van der Waals surface area contributed by atoms with E-state index in [-0.39, 0.29) is 6.10 Å². The summed E-state index contributed by atoms with van der Waals surface area (Å²) >= 11 is 0. The number of anilines is 2. The van der Waals surface area contributed by atoms with Crippen LogP contribution in [0.15, 0.2) is 42.6 Å². The molecule has 6 heteroatoms. The normalized spacial score (nSPS) is 18.5. The molecule has 0 amide bonds. The Morgan fingerprint density at radius 2 is 2.04 bits per heavy atom. The summed E-state index contributed by atoms with van der Waals surface area (Å²) < 4.78 is 7.53. The van der Waals surface area contributed by atoms with Crippen molar-refractivity contribution in [1.29, 1.82) is 0 Å². The highest BCUT2D eigenvalue weighted by molar-refractivity contribution is 5.72. The second-order valence-corrected chi connectivity index (χ2v) is 5.85. The van der Waals surface area contributed by atoms with Crippen LogP contribution in [0.4, 0.5) is 11.5 Å². The Labute approximate surface area is 134 Å². The first-order chi connectivity index (χ1) is 11.2. The van der Waals surface area contributed by atoms with Crippen LogP contribution in [0.1, 0.15) is 6.92 Å². The molecule has 1 fully saturated rings. The summed E-state index contributed by atoms with van der Waals surface area (Å²) in [6.07, 6.45) is 2.15. The summed E-state index contributed by atoms with van der Waals surface area (Å²) in [6, 6.07) is 11.7. The first kappa shape index (κ1) is 14.0. The standard InChI is InChI=1S/C17H19N5O/c1-12-11-21(9-10-23-12)17-15-3-2-8-22(15)20-16(19-17)13-4-6-14(18)7-5-13/h2-8,12H,9-11,18H2,1H3/t12-/m1/s1. The van der Waals surface area contributed by atoms with Crippen LogP contribution < -0.4 is 10.6 Å². The van der Waals surface area contributed by atoms with Crippen molar-refractivity contribution in [3.63, 3.8) is 0 Å². The molecule has 118 valence electrons. The van der Waals surface area contributed by atoms with E-state index in [1.807, 2.05) is 47.1 Å². The number of fused-ring (bicyclic) bond motifs is 1. The molecule has 2 N–H and O–H groups in total. The summed E-state index contributed by atoms with van der Waals surface area (Å²) in [6.45, 7) is 4.47. The van der Waals surface area contributed by atoms with E-state index in [4.69, 9.17) is 15.5 Å². The van der Waals surface area contributed by atoms with Crippen LogP contribution in [0, 0.1) is 0 Å². The third-order valence-electron chi connectivity index (χ3n) is 4.08. The molecule has 1 saturated heterocycles. The van der Waals surface area contributed by atoms with E-state index in [1.165, 1.54) is 0 Å². The molecule has 0 radical (unpaired) electrons. The zero-order chi connectivity index (χ0) is 15.8. The zero-order valence-electron chi connectivity index (χ0n) is 13.0. The van der Waals surface area contributed by atoms with Crippen molar-refractivity contribution in [2.45, 2.75) is 13.0 Å². The Hall–Kier alpha value is -2.60. The molecule has 1 aliphatic rings. The Bertz CT molecular complexity index is 827. The van der Waals surface area contributed by atoms with Gasteiger partial charge in [0.2, 0.25) is 0 Å². The molecule has 6 nitrogen and oxygen atoms in total. The Morgan fingerprint density at radius 1 is 1.22 bits per heavy atom. The molecule has 1 aromatic carbocycles. The Kier molecular flexibility index (Phi) is 3.38. The fourth-order valence-electron chi connectivity index (χ4n) is 2.92. The molecule has 3 heterocycles. The number of hydrogen-bond acceptors (Lipinski definition) is 5. The van der Waals surface area contributed by atoms with Crippen molar-refractivity contribution in [2.24, 2.45) is 0 Å². The Balaban J connectivity index is 1.82. The van der Waals surface area contributed by atoms with E-state index in [9.17, 15) is 0 Å². The maximum Gasteiger partial charge on any atom is 0.182 e. The molecule has 3 aromatic rings. The molecule has 0 unspecified atom stereocenters. The molecule has 23 heavy (non-hydrogen) atoms. The van der Waals surface area contributed by atoms with Gasteiger partial charge in [-0.3, -0.25) is 0 Å². The van der Waals surface area contributed by atoms with Gasteiger partial charge in [-0.25, -0.2) is 9.50 Å². The van der Waals surface area contributed by atoms with Gasteiger partial charge in [-0.2, -0.15) is 0 Å². The average molecular weight is 309 g/mol. The molecule has 1 aliphatic heterocycles. The van der Waals surface area contributed by atoms with Gasteiger partial charge in [0.1, 0.15) is 5.52 Å². The predicted octanol–water partition coefficient (Wildman–Crippen LogP) is 2.20. The van der Waals surface area contributed by atoms with Crippen molar-refractivity contribution in [2.75, 3.05) is 30.3 Å². The van der Waals surface area contributed by atoms with Gasteiger partial charge in [-0.15, -0.1) is 5.10 Å². The van der Waals surface area contributed by atoms with Crippen LogP contribution in [0.2, 0.25) is 0 Å². The largest absolute Gasteiger partial charge is 0.399 e. The molecule has 1 atom stereocenters. The van der Waals surface area contributed by atoms with Crippen LogP contribution >= 0.6 is 0 Å². The highest BCUT2D eigenvalue weighted by atomic mass is 16.5. The Morgan fingerprint density at radius 3 is 2.83 bits per heavy atom. The second-order valence-electron chi connectivity index (χ2n) is 5.85. The number of benzene rings is 1. The lowest BCUT2D eigenvalue weighted by atomic mass is 10.2. The van der Waals surface area contributed by atoms with Crippen LogP contribution in [0.5, 0.6) is 0 Å². The number of ether oxygens (including phenoxy) is 1. The van der Waals surface area contributed by atoms with E-state index >= 15 is 0 Å². The van der Waals surface area contributed by atoms with Gasteiger partial charge in [0, 0.05) is 30.5 Å². The monoisotopic (exact) mass is 309 g/mol. The van der Waals surface area contributed by atoms with E-state index < -0.39 is 0 Å². The summed E-state index contributed by atoms with van der Waals surface area (Å²) in [5.74, 6) is 1.65. The van der Waals surface area contributed by atoms with Gasteiger partial charge >= 0.3 is 0 Å². The van der Waals surface area contributed by atoms with Crippen molar-refractivity contribution in [1.82, 2.24) is 14.6 Å². The molecule has 0 aliphatic carbocycles. The minimum absolute atomic E-state index is 0.203. The van der Waals surface area contributed by atoms with Gasteiger partial charge in [0.25, 0.3) is 0 Å². The maximum absolute atomic E-state index is 5.77. The SMILES string of the molecule is C[C@@H]1CN(c2nc(-c3ccc(N)cc3)nn3cccc23)CCO1. The molecular weight excluding hydrogens is 290 g/mol. The van der Waals surface area contributed by atoms with E-state index in [2.05, 4.69) is 16.9 Å². The lowest BCUT2D eigenvalue weighted by Gasteiger charge is -2.32. The van der Waals surface area contributed by atoms with Gasteiger partial charge in [-0.05, 0) is 43.3 Å². The van der Waals surface area contributed by atoms with Gasteiger partial charge in [0.05, 0.1) is 12.7 Å². The highest BCUT2D eigenvalue weighted by Gasteiger charge is 2.21. The molecule has 0 bridgehead atoms. The first-order valence-electron chi connectivity index (χ1n) is 7.78. The predicted molar refractivity (Wildman–Crippen MR) is 90.5 cm³/mol. The smallest absolute Gasteiger partial charge is 0.182 e. The molecule has 2 aromatic heterocycles. The minimum Gasteiger partial charge on any atom is -0.399 e. The third-order valence-corrected chi connectivity index (χ3v) is 4.08. The zero-order valence-corrected chi connectivity index (χ0v) is 13.0. The lowest BCUT2D eigenvalue weighted by Crippen LogP contribution is -2.41. The molecule has 4 rings (SSSR count). The summed E-state index contributed by atoms with van der Waals surface area (Å²) in [7, 11) is 0. The van der Waals surface area contributed by atoms with Crippen molar-refractivity contribution in [3.05, 3.63) is 42.6 Å². The van der Waals surface area contributed by atoms with Crippen LogP contribution in [-0.4, -0.2) is 40.4 Å². The van der Waals surface area contributed by atoms with Crippen molar-refractivity contribution in [3.8, 4) is 11.4 Å². The van der Waals surface area contributed by atoms with Crippen LogP contribution in [0.25, 0.3) is 16.9 Å². The molecular formula is C17H19N5O. The highest BCUT2D eigenvalue weighted by Crippen LogP contribution is 2.25. The number of aromatic nitrogens is 3. The summed E-state index contributed by atoms with van der Waals surface area (Å²) in [5, 5.41) is 4.62. The number of nitrogens with two attached hydrogens (primary N) is 1. The quantitative estimate of drug-likeness (QED) is 0.735. The van der Waals surface area contributed by atoms with E-state index in [0.29, 0.717) is 5.82 Å². The van der Waals surface area contributed by atoms with Crippen LogP contribution in [0.3, 0.4) is 0 Å². The van der Waals surface area contributed by atoms with Gasteiger partial charge < -0.3 is 15.4 Å². The molecule has 0 saturated carbocycles. The molecule has 0 spiro atoms. The fourth-order valence-corrected chi connectivity index (χ4v) is 2.92. The number of nitrogens with zero attached hydrogens (tertiary/aromatic N) is 4. The van der Waals surface area contributed by atoms with Crippen LogP contribution in [-0.2, 0) is 4.74 Å². The third kappa shape index (κ3) is 2.61. The topological polar surface area (TPSA) is 68.7 Å². The summed E-state index contributed by atoms with van der Waals surface area (Å²) in [4.78, 5) is 7.10. The van der Waals surface area contributed by atoms with Crippen molar-refractivity contribution < 1.29 is 4.74 Å². The first-order valence-corrected chi connectivity index (χ1v) is 7.78. The van der Waals surface area contributed by atoms with Gasteiger partial charge in [-0.1, -0.05) is 0 Å².